The Kier molecular flexibility index (Phi) is 4.77. The fourth-order valence-corrected chi connectivity index (χ4v) is 1.71. The molecular weight excluding hydrogens is 228 g/mol. The second-order valence-corrected chi connectivity index (χ2v) is 3.95. The third-order valence-electron chi connectivity index (χ3n) is 2.30. The van der Waals surface area contributed by atoms with E-state index >= 15 is 0 Å². The summed E-state index contributed by atoms with van der Waals surface area (Å²) in [5.74, 6) is 0.0231. The molecule has 88 valence electrons. The van der Waals surface area contributed by atoms with E-state index in [2.05, 4.69) is 0 Å². The van der Waals surface area contributed by atoms with Crippen LogP contribution >= 0.6 is 11.6 Å². The van der Waals surface area contributed by atoms with E-state index in [1.54, 1.807) is 12.1 Å². The Morgan fingerprint density at radius 2 is 2.25 bits per heavy atom. The Morgan fingerprint density at radius 1 is 1.56 bits per heavy atom. The van der Waals surface area contributed by atoms with Crippen LogP contribution < -0.4 is 0 Å². The maximum atomic E-state index is 11.7. The number of Topliss-reactive ketones (excluding diaryl/α,β-unsaturated/α-hetero) is 1. The van der Waals surface area contributed by atoms with Gasteiger partial charge < -0.3 is 9.84 Å². The number of carbonyl (C=O) groups excluding carboxylic acids is 1. The lowest BCUT2D eigenvalue weighted by atomic mass is 10.0. The zero-order valence-electron chi connectivity index (χ0n) is 9.37. The van der Waals surface area contributed by atoms with Crippen molar-refractivity contribution in [3.8, 4) is 5.75 Å². The van der Waals surface area contributed by atoms with Gasteiger partial charge in [-0.2, -0.15) is 0 Å². The average molecular weight is 243 g/mol. The normalized spacial score (nSPS) is 12.4. The molecular formula is C12H15ClO3. The van der Waals surface area contributed by atoms with Crippen LogP contribution in [0.2, 0.25) is 5.02 Å². The highest BCUT2D eigenvalue weighted by Crippen LogP contribution is 2.28. The molecule has 0 heterocycles. The number of carbonyl (C=O) groups is 1. The van der Waals surface area contributed by atoms with Gasteiger partial charge in [-0.25, -0.2) is 0 Å². The molecule has 0 saturated carbocycles. The largest absolute Gasteiger partial charge is 0.506 e. The lowest BCUT2D eigenvalue weighted by molar-refractivity contribution is -0.129. The highest BCUT2D eigenvalue weighted by Gasteiger charge is 2.19. The van der Waals surface area contributed by atoms with Crippen molar-refractivity contribution < 1.29 is 14.6 Å². The van der Waals surface area contributed by atoms with Crippen molar-refractivity contribution in [3.05, 3.63) is 28.8 Å². The van der Waals surface area contributed by atoms with Crippen LogP contribution in [-0.4, -0.2) is 18.0 Å². The Balaban J connectivity index is 2.95. The molecule has 0 saturated heterocycles. The van der Waals surface area contributed by atoms with Gasteiger partial charge in [-0.05, 0) is 24.1 Å². The van der Waals surface area contributed by atoms with E-state index < -0.39 is 6.10 Å². The zero-order chi connectivity index (χ0) is 12.1. The smallest absolute Gasteiger partial charge is 0.166 e. The highest BCUT2D eigenvalue weighted by atomic mass is 35.5. The average Bonchev–Trinajstić information content (AvgIpc) is 2.25. The number of aromatic hydroxyl groups is 1. The predicted octanol–water partition coefficient (Wildman–Crippen LogP) is 3.10. The summed E-state index contributed by atoms with van der Waals surface area (Å²) in [7, 11) is 1.49. The molecule has 1 unspecified atom stereocenters. The number of ether oxygens (including phenoxy) is 1. The Hall–Kier alpha value is -1.06. The number of ketones is 1. The molecule has 1 aromatic carbocycles. The van der Waals surface area contributed by atoms with Gasteiger partial charge in [-0.3, -0.25) is 4.79 Å². The second-order valence-electron chi connectivity index (χ2n) is 3.54. The Bertz CT molecular complexity index is 377. The molecule has 0 amide bonds. The highest BCUT2D eigenvalue weighted by molar-refractivity contribution is 6.32. The number of benzene rings is 1. The van der Waals surface area contributed by atoms with Crippen LogP contribution in [0.25, 0.3) is 0 Å². The summed E-state index contributed by atoms with van der Waals surface area (Å²) in [6, 6.07) is 4.66. The molecule has 16 heavy (non-hydrogen) atoms. The number of halogens is 1. The maximum Gasteiger partial charge on any atom is 0.166 e. The lowest BCUT2D eigenvalue weighted by Crippen LogP contribution is -2.14. The summed E-state index contributed by atoms with van der Waals surface area (Å²) in [5, 5.41) is 9.51. The first-order valence-corrected chi connectivity index (χ1v) is 5.51. The topological polar surface area (TPSA) is 46.5 Å². The molecule has 1 aromatic rings. The molecule has 0 aliphatic carbocycles. The second kappa shape index (κ2) is 5.87. The van der Waals surface area contributed by atoms with Gasteiger partial charge in [0.1, 0.15) is 11.9 Å². The van der Waals surface area contributed by atoms with Gasteiger partial charge in [-0.1, -0.05) is 24.6 Å². The third kappa shape index (κ3) is 2.97. The van der Waals surface area contributed by atoms with Gasteiger partial charge in [0.25, 0.3) is 0 Å². The van der Waals surface area contributed by atoms with Gasteiger partial charge in [0, 0.05) is 13.5 Å². The quantitative estimate of drug-likeness (QED) is 0.863. The monoisotopic (exact) mass is 242 g/mol. The van der Waals surface area contributed by atoms with E-state index in [1.807, 2.05) is 6.92 Å². The first kappa shape index (κ1) is 13.0. The first-order chi connectivity index (χ1) is 7.60. The van der Waals surface area contributed by atoms with Crippen molar-refractivity contribution >= 4 is 17.4 Å². The van der Waals surface area contributed by atoms with E-state index in [-0.39, 0.29) is 16.6 Å². The molecule has 0 fully saturated rings. The van der Waals surface area contributed by atoms with E-state index in [0.29, 0.717) is 12.0 Å². The minimum Gasteiger partial charge on any atom is -0.506 e. The summed E-state index contributed by atoms with van der Waals surface area (Å²) in [4.78, 5) is 11.7. The first-order valence-electron chi connectivity index (χ1n) is 5.14. The standard InChI is InChI=1S/C12H15ClO3/c1-3-4-11(15)12(16-2)8-5-6-10(14)9(13)7-8/h5-7,12,14H,3-4H2,1-2H3. The van der Waals surface area contributed by atoms with Gasteiger partial charge in [0.15, 0.2) is 5.78 Å². The lowest BCUT2D eigenvalue weighted by Gasteiger charge is -2.14. The molecule has 1 rings (SSSR count). The number of hydrogen-bond acceptors (Lipinski definition) is 3. The fourth-order valence-electron chi connectivity index (χ4n) is 1.52. The maximum absolute atomic E-state index is 11.7. The van der Waals surface area contributed by atoms with Crippen LogP contribution in [0, 0.1) is 0 Å². The van der Waals surface area contributed by atoms with Gasteiger partial charge in [-0.15, -0.1) is 0 Å². The molecule has 0 aliphatic rings. The molecule has 4 heteroatoms. The van der Waals surface area contributed by atoms with Crippen molar-refractivity contribution in [1.82, 2.24) is 0 Å². The Labute approximate surface area is 100.0 Å². The number of methoxy groups -OCH3 is 1. The number of rotatable bonds is 5. The van der Waals surface area contributed by atoms with Crippen LogP contribution in [0.3, 0.4) is 0 Å². The predicted molar refractivity (Wildman–Crippen MR) is 62.8 cm³/mol. The van der Waals surface area contributed by atoms with Crippen molar-refractivity contribution in [1.29, 1.82) is 0 Å². The molecule has 3 nitrogen and oxygen atoms in total. The number of phenols is 1. The zero-order valence-corrected chi connectivity index (χ0v) is 10.1. The molecule has 1 N–H and O–H groups in total. The Morgan fingerprint density at radius 3 is 2.75 bits per heavy atom. The summed E-state index contributed by atoms with van der Waals surface area (Å²) in [6.07, 6.45) is 0.652. The minimum absolute atomic E-state index is 0.00297. The number of phenolic OH excluding ortho intramolecular Hbond substituents is 1. The van der Waals surface area contributed by atoms with Gasteiger partial charge in [0.05, 0.1) is 5.02 Å². The van der Waals surface area contributed by atoms with E-state index in [0.717, 1.165) is 6.42 Å². The van der Waals surface area contributed by atoms with Crippen molar-refractivity contribution in [2.24, 2.45) is 0 Å². The van der Waals surface area contributed by atoms with Crippen molar-refractivity contribution in [2.45, 2.75) is 25.9 Å². The SMILES string of the molecule is CCCC(=O)C(OC)c1ccc(O)c(Cl)c1. The number of hydrogen-bond donors (Lipinski definition) is 1. The summed E-state index contributed by atoms with van der Waals surface area (Å²) < 4.78 is 5.16. The third-order valence-corrected chi connectivity index (χ3v) is 2.60. The van der Waals surface area contributed by atoms with Gasteiger partial charge >= 0.3 is 0 Å². The van der Waals surface area contributed by atoms with E-state index in [4.69, 9.17) is 16.3 Å². The molecule has 0 spiro atoms. The molecule has 1 atom stereocenters. The van der Waals surface area contributed by atoms with E-state index in [9.17, 15) is 9.90 Å². The molecule has 0 aliphatic heterocycles. The molecule has 0 radical (unpaired) electrons. The fraction of sp³-hybridized carbons (Fsp3) is 0.417. The van der Waals surface area contributed by atoms with E-state index in [1.165, 1.54) is 13.2 Å². The van der Waals surface area contributed by atoms with Crippen LogP contribution in [-0.2, 0) is 9.53 Å². The summed E-state index contributed by atoms with van der Waals surface area (Å²) in [6.45, 7) is 1.94. The van der Waals surface area contributed by atoms with Crippen molar-refractivity contribution in [3.63, 3.8) is 0 Å². The molecule has 0 bridgehead atoms. The van der Waals surface area contributed by atoms with Crippen LogP contribution in [0.1, 0.15) is 31.4 Å². The minimum atomic E-state index is -0.599. The van der Waals surface area contributed by atoms with Crippen LogP contribution in [0.4, 0.5) is 0 Å². The molecule has 0 aromatic heterocycles. The summed E-state index contributed by atoms with van der Waals surface area (Å²) in [5.41, 5.74) is 0.670. The van der Waals surface area contributed by atoms with Gasteiger partial charge in [0.2, 0.25) is 0 Å². The van der Waals surface area contributed by atoms with Crippen molar-refractivity contribution in [2.75, 3.05) is 7.11 Å². The van der Waals surface area contributed by atoms with Crippen LogP contribution in [0.5, 0.6) is 5.75 Å². The summed E-state index contributed by atoms with van der Waals surface area (Å²) >= 11 is 5.78. The van der Waals surface area contributed by atoms with Crippen LogP contribution in [0.15, 0.2) is 18.2 Å².